The van der Waals surface area contributed by atoms with Crippen LogP contribution in [0.1, 0.15) is 51.4 Å². The zero-order valence-electron chi connectivity index (χ0n) is 8.89. The van der Waals surface area contributed by atoms with Crippen LogP contribution in [0.3, 0.4) is 0 Å². The highest BCUT2D eigenvalue weighted by molar-refractivity contribution is 4.88. The first-order valence-corrected chi connectivity index (χ1v) is 6.09. The van der Waals surface area contributed by atoms with E-state index in [4.69, 9.17) is 0 Å². The fourth-order valence-electron chi connectivity index (χ4n) is 3.15. The smallest absolute Gasteiger partial charge is 0.0121 e. The van der Waals surface area contributed by atoms with Crippen molar-refractivity contribution in [2.45, 2.75) is 57.4 Å². The molecule has 76 valence electrons. The molecule has 0 heterocycles. The molecule has 2 fully saturated rings. The monoisotopic (exact) mass is 181 g/mol. The van der Waals surface area contributed by atoms with Gasteiger partial charge in [0.25, 0.3) is 0 Å². The third-order valence-electron chi connectivity index (χ3n) is 4.15. The van der Waals surface area contributed by atoms with Gasteiger partial charge in [0.05, 0.1) is 0 Å². The Labute approximate surface area is 82.3 Å². The van der Waals surface area contributed by atoms with Gasteiger partial charge in [-0.3, -0.25) is 0 Å². The summed E-state index contributed by atoms with van der Waals surface area (Å²) in [6.07, 6.45) is 11.9. The predicted octanol–water partition coefficient (Wildman–Crippen LogP) is 2.95. The van der Waals surface area contributed by atoms with Crippen molar-refractivity contribution in [2.24, 2.45) is 11.8 Å². The normalized spacial score (nSPS) is 28.4. The van der Waals surface area contributed by atoms with Crippen LogP contribution in [0.25, 0.3) is 0 Å². The number of hydrogen-bond acceptors (Lipinski definition) is 1. The Morgan fingerprint density at radius 1 is 0.846 bits per heavy atom. The maximum atomic E-state index is 3.57. The Hall–Kier alpha value is -0.0400. The van der Waals surface area contributed by atoms with E-state index in [1.165, 1.54) is 51.4 Å². The zero-order valence-corrected chi connectivity index (χ0v) is 8.89. The largest absolute Gasteiger partial charge is 0.316 e. The van der Waals surface area contributed by atoms with Crippen molar-refractivity contribution in [3.63, 3.8) is 0 Å². The van der Waals surface area contributed by atoms with Gasteiger partial charge in [-0.2, -0.15) is 0 Å². The van der Waals surface area contributed by atoms with E-state index in [0.717, 1.165) is 17.9 Å². The second-order valence-electron chi connectivity index (χ2n) is 4.90. The van der Waals surface area contributed by atoms with Crippen molar-refractivity contribution in [3.8, 4) is 0 Å². The Morgan fingerprint density at radius 3 is 1.77 bits per heavy atom. The molecule has 1 N–H and O–H groups in total. The predicted molar refractivity (Wildman–Crippen MR) is 56.8 cm³/mol. The van der Waals surface area contributed by atoms with Gasteiger partial charge in [-0.15, -0.1) is 0 Å². The Bertz CT molecular complexity index is 145. The van der Waals surface area contributed by atoms with E-state index >= 15 is 0 Å². The summed E-state index contributed by atoms with van der Waals surface area (Å²) in [5.41, 5.74) is 0. The molecule has 0 radical (unpaired) electrons. The SMILES string of the molecule is CNC(C1CCCCC1)C1CCC1. The molecule has 2 aliphatic carbocycles. The van der Waals surface area contributed by atoms with E-state index in [1.54, 1.807) is 0 Å². The molecule has 2 rings (SSSR count). The van der Waals surface area contributed by atoms with Gasteiger partial charge >= 0.3 is 0 Å². The average molecular weight is 181 g/mol. The molecule has 1 nitrogen and oxygen atoms in total. The molecule has 0 amide bonds. The van der Waals surface area contributed by atoms with Crippen molar-refractivity contribution < 1.29 is 0 Å². The van der Waals surface area contributed by atoms with E-state index < -0.39 is 0 Å². The van der Waals surface area contributed by atoms with Crippen molar-refractivity contribution in [3.05, 3.63) is 0 Å². The van der Waals surface area contributed by atoms with Gasteiger partial charge in [-0.25, -0.2) is 0 Å². The van der Waals surface area contributed by atoms with Crippen molar-refractivity contribution in [1.82, 2.24) is 5.32 Å². The maximum absolute atomic E-state index is 3.57. The van der Waals surface area contributed by atoms with Gasteiger partial charge in [0.1, 0.15) is 0 Å². The van der Waals surface area contributed by atoms with Crippen LogP contribution in [0.4, 0.5) is 0 Å². The Balaban J connectivity index is 1.86. The molecule has 0 aliphatic heterocycles. The Kier molecular flexibility index (Phi) is 3.26. The second kappa shape index (κ2) is 4.45. The zero-order chi connectivity index (χ0) is 9.10. The molecule has 0 spiro atoms. The molecule has 1 heteroatoms. The van der Waals surface area contributed by atoms with Crippen LogP contribution >= 0.6 is 0 Å². The standard InChI is InChI=1S/C12H23N/c1-13-12(11-8-5-9-11)10-6-3-2-4-7-10/h10-13H,2-9H2,1H3. The molecule has 0 aromatic carbocycles. The lowest BCUT2D eigenvalue weighted by Crippen LogP contribution is -2.43. The topological polar surface area (TPSA) is 12.0 Å². The number of hydrogen-bond donors (Lipinski definition) is 1. The molecular weight excluding hydrogens is 158 g/mol. The molecule has 0 aromatic rings. The quantitative estimate of drug-likeness (QED) is 0.706. The summed E-state index contributed by atoms with van der Waals surface area (Å²) in [6, 6.07) is 0.856. The minimum absolute atomic E-state index is 0.856. The highest BCUT2D eigenvalue weighted by atomic mass is 14.9. The lowest BCUT2D eigenvalue weighted by molar-refractivity contribution is 0.153. The molecule has 0 bridgehead atoms. The third kappa shape index (κ3) is 2.07. The van der Waals surface area contributed by atoms with Crippen molar-refractivity contribution in [1.29, 1.82) is 0 Å². The summed E-state index contributed by atoms with van der Waals surface area (Å²) < 4.78 is 0. The van der Waals surface area contributed by atoms with Crippen LogP contribution in [0.15, 0.2) is 0 Å². The molecule has 0 saturated heterocycles. The van der Waals surface area contributed by atoms with Crippen LogP contribution in [0.5, 0.6) is 0 Å². The first-order chi connectivity index (χ1) is 6.42. The molecule has 1 atom stereocenters. The lowest BCUT2D eigenvalue weighted by Gasteiger charge is -2.40. The summed E-state index contributed by atoms with van der Waals surface area (Å²) in [4.78, 5) is 0. The van der Waals surface area contributed by atoms with Crippen molar-refractivity contribution in [2.75, 3.05) is 7.05 Å². The minimum Gasteiger partial charge on any atom is -0.316 e. The van der Waals surface area contributed by atoms with Crippen LogP contribution in [0, 0.1) is 11.8 Å². The fraction of sp³-hybridized carbons (Fsp3) is 1.00. The molecule has 2 aliphatic rings. The van der Waals surface area contributed by atoms with E-state index in [2.05, 4.69) is 12.4 Å². The number of rotatable bonds is 3. The van der Waals surface area contributed by atoms with E-state index in [-0.39, 0.29) is 0 Å². The average Bonchev–Trinajstić information content (AvgIpc) is 2.12. The molecule has 13 heavy (non-hydrogen) atoms. The summed E-state index contributed by atoms with van der Waals surface area (Å²) >= 11 is 0. The van der Waals surface area contributed by atoms with E-state index in [9.17, 15) is 0 Å². The van der Waals surface area contributed by atoms with Gasteiger partial charge in [0, 0.05) is 6.04 Å². The summed E-state index contributed by atoms with van der Waals surface area (Å²) in [7, 11) is 2.16. The first-order valence-electron chi connectivity index (χ1n) is 6.09. The third-order valence-corrected chi connectivity index (χ3v) is 4.15. The highest BCUT2D eigenvalue weighted by Crippen LogP contribution is 2.37. The van der Waals surface area contributed by atoms with Crippen LogP contribution in [-0.2, 0) is 0 Å². The van der Waals surface area contributed by atoms with Gasteiger partial charge in [0.2, 0.25) is 0 Å². The first kappa shape index (κ1) is 9.51. The molecule has 2 saturated carbocycles. The van der Waals surface area contributed by atoms with Crippen LogP contribution < -0.4 is 5.32 Å². The van der Waals surface area contributed by atoms with Gasteiger partial charge in [-0.1, -0.05) is 25.7 Å². The summed E-state index contributed by atoms with van der Waals surface area (Å²) in [6.45, 7) is 0. The number of nitrogens with one attached hydrogen (secondary N) is 1. The van der Waals surface area contributed by atoms with Crippen molar-refractivity contribution >= 4 is 0 Å². The molecule has 0 aromatic heterocycles. The van der Waals surface area contributed by atoms with Crippen LogP contribution in [-0.4, -0.2) is 13.1 Å². The summed E-state index contributed by atoms with van der Waals surface area (Å²) in [5, 5.41) is 3.57. The Morgan fingerprint density at radius 2 is 1.38 bits per heavy atom. The van der Waals surface area contributed by atoms with E-state index in [1.807, 2.05) is 0 Å². The fourth-order valence-corrected chi connectivity index (χ4v) is 3.15. The maximum Gasteiger partial charge on any atom is 0.0121 e. The lowest BCUT2D eigenvalue weighted by atomic mass is 9.71. The molecule has 1 unspecified atom stereocenters. The molecular formula is C12H23N. The van der Waals surface area contributed by atoms with E-state index in [0.29, 0.717) is 0 Å². The minimum atomic E-state index is 0.856. The summed E-state index contributed by atoms with van der Waals surface area (Å²) in [5.74, 6) is 2.03. The van der Waals surface area contributed by atoms with Gasteiger partial charge in [0.15, 0.2) is 0 Å². The van der Waals surface area contributed by atoms with Crippen LogP contribution in [0.2, 0.25) is 0 Å². The second-order valence-corrected chi connectivity index (χ2v) is 4.90. The highest BCUT2D eigenvalue weighted by Gasteiger charge is 2.32. The van der Waals surface area contributed by atoms with Gasteiger partial charge < -0.3 is 5.32 Å². The van der Waals surface area contributed by atoms with Gasteiger partial charge in [-0.05, 0) is 44.6 Å².